The molecular weight excluding hydrogens is 332 g/mol. The fourth-order valence-corrected chi connectivity index (χ4v) is 2.26. The number of amides is 2. The molecule has 0 saturated heterocycles. The third kappa shape index (κ3) is 3.70. The van der Waals surface area contributed by atoms with E-state index in [-0.39, 0.29) is 11.8 Å². The lowest BCUT2D eigenvalue weighted by molar-refractivity contribution is 0.0846. The van der Waals surface area contributed by atoms with Crippen LogP contribution in [0, 0.1) is 13.8 Å². The van der Waals surface area contributed by atoms with Crippen molar-refractivity contribution in [1.82, 2.24) is 10.9 Å². The molecule has 0 bridgehead atoms. The molecule has 2 aromatic rings. The first-order valence-corrected chi connectivity index (χ1v) is 7.21. The lowest BCUT2D eigenvalue weighted by atomic mass is 10.1. The van der Waals surface area contributed by atoms with Crippen molar-refractivity contribution in [3.05, 3.63) is 69.2 Å². The van der Waals surface area contributed by atoms with Gasteiger partial charge in [0, 0.05) is 15.6 Å². The predicted octanol–water partition coefficient (Wildman–Crippen LogP) is 3.14. The van der Waals surface area contributed by atoms with Crippen molar-refractivity contribution in [2.45, 2.75) is 13.8 Å². The van der Waals surface area contributed by atoms with Gasteiger partial charge in [-0.1, -0.05) is 39.7 Å². The van der Waals surface area contributed by atoms with Crippen LogP contribution in [0.25, 0.3) is 0 Å². The Morgan fingerprint density at radius 3 is 2.33 bits per heavy atom. The standard InChI is InChI=1S/C16H15BrN2O2/c1-10-5-3-6-12(9-10)15(20)18-19-16(21)13-7-4-8-14(17)11(13)2/h3-9H,1-2H3,(H,18,20)(H,19,21). The summed E-state index contributed by atoms with van der Waals surface area (Å²) in [6.07, 6.45) is 0. The van der Waals surface area contributed by atoms with E-state index < -0.39 is 0 Å². The Balaban J connectivity index is 2.04. The minimum absolute atomic E-state index is 0.348. The number of aryl methyl sites for hydroxylation is 1. The molecule has 2 N–H and O–H groups in total. The quantitative estimate of drug-likeness (QED) is 0.820. The summed E-state index contributed by atoms with van der Waals surface area (Å²) in [5, 5.41) is 0. The molecule has 0 heterocycles. The fourth-order valence-electron chi connectivity index (χ4n) is 1.89. The number of hydrogen-bond donors (Lipinski definition) is 2. The van der Waals surface area contributed by atoms with E-state index in [1.165, 1.54) is 0 Å². The Hall–Kier alpha value is -2.14. The molecule has 0 spiro atoms. The molecule has 0 aliphatic carbocycles. The van der Waals surface area contributed by atoms with Crippen LogP contribution in [0.4, 0.5) is 0 Å². The first-order valence-electron chi connectivity index (χ1n) is 6.41. The summed E-state index contributed by atoms with van der Waals surface area (Å²) >= 11 is 3.37. The molecule has 5 heteroatoms. The van der Waals surface area contributed by atoms with Crippen molar-refractivity contribution in [3.8, 4) is 0 Å². The van der Waals surface area contributed by atoms with Crippen LogP contribution in [0.3, 0.4) is 0 Å². The molecule has 0 aromatic heterocycles. The van der Waals surface area contributed by atoms with Gasteiger partial charge < -0.3 is 0 Å². The van der Waals surface area contributed by atoms with E-state index in [9.17, 15) is 9.59 Å². The predicted molar refractivity (Wildman–Crippen MR) is 85.0 cm³/mol. The lowest BCUT2D eigenvalue weighted by Gasteiger charge is -2.10. The van der Waals surface area contributed by atoms with Crippen molar-refractivity contribution in [3.63, 3.8) is 0 Å². The second-order valence-electron chi connectivity index (χ2n) is 4.69. The van der Waals surface area contributed by atoms with Crippen LogP contribution in [0.15, 0.2) is 46.9 Å². The van der Waals surface area contributed by atoms with Crippen molar-refractivity contribution in [2.24, 2.45) is 0 Å². The summed E-state index contributed by atoms with van der Waals surface area (Å²) in [6.45, 7) is 3.74. The number of hydrogen-bond acceptors (Lipinski definition) is 2. The molecule has 0 unspecified atom stereocenters. The molecular formula is C16H15BrN2O2. The van der Waals surface area contributed by atoms with Crippen LogP contribution >= 0.6 is 15.9 Å². The zero-order valence-electron chi connectivity index (χ0n) is 11.7. The number of rotatable bonds is 2. The second kappa shape index (κ2) is 6.54. The van der Waals surface area contributed by atoms with Gasteiger partial charge in [-0.15, -0.1) is 0 Å². The summed E-state index contributed by atoms with van der Waals surface area (Å²) in [7, 11) is 0. The Kier molecular flexibility index (Phi) is 4.75. The maximum Gasteiger partial charge on any atom is 0.270 e. The van der Waals surface area contributed by atoms with E-state index in [1.807, 2.05) is 26.0 Å². The summed E-state index contributed by atoms with van der Waals surface area (Å²) in [4.78, 5) is 24.0. The topological polar surface area (TPSA) is 58.2 Å². The summed E-state index contributed by atoms with van der Waals surface area (Å²) in [6, 6.07) is 12.5. The smallest absolute Gasteiger partial charge is 0.267 e. The van der Waals surface area contributed by atoms with Crippen molar-refractivity contribution >= 4 is 27.7 Å². The molecule has 0 aliphatic rings. The molecule has 2 aromatic carbocycles. The van der Waals surface area contributed by atoms with E-state index in [0.29, 0.717) is 11.1 Å². The van der Waals surface area contributed by atoms with Gasteiger partial charge in [0.1, 0.15) is 0 Å². The normalized spacial score (nSPS) is 10.0. The molecule has 2 rings (SSSR count). The van der Waals surface area contributed by atoms with Crippen LogP contribution in [0.5, 0.6) is 0 Å². The van der Waals surface area contributed by atoms with Gasteiger partial charge in [-0.2, -0.15) is 0 Å². The molecule has 2 amide bonds. The van der Waals surface area contributed by atoms with Gasteiger partial charge in [-0.05, 0) is 43.7 Å². The van der Waals surface area contributed by atoms with Gasteiger partial charge in [0.2, 0.25) is 0 Å². The SMILES string of the molecule is Cc1cccc(C(=O)NNC(=O)c2cccc(Br)c2C)c1. The van der Waals surface area contributed by atoms with Gasteiger partial charge in [-0.3, -0.25) is 20.4 Å². The van der Waals surface area contributed by atoms with E-state index in [0.717, 1.165) is 15.6 Å². The lowest BCUT2D eigenvalue weighted by Crippen LogP contribution is -2.41. The maximum atomic E-state index is 12.1. The fraction of sp³-hybridized carbons (Fsp3) is 0.125. The first-order chi connectivity index (χ1) is 9.99. The highest BCUT2D eigenvalue weighted by atomic mass is 79.9. The zero-order valence-corrected chi connectivity index (χ0v) is 13.3. The molecule has 0 atom stereocenters. The van der Waals surface area contributed by atoms with E-state index >= 15 is 0 Å². The van der Waals surface area contributed by atoms with Gasteiger partial charge in [0.05, 0.1) is 0 Å². The Bertz CT molecular complexity index is 698. The Morgan fingerprint density at radius 2 is 1.62 bits per heavy atom. The van der Waals surface area contributed by atoms with Crippen molar-refractivity contribution in [2.75, 3.05) is 0 Å². The highest BCUT2D eigenvalue weighted by Gasteiger charge is 2.12. The number of nitrogens with one attached hydrogen (secondary N) is 2. The number of halogens is 1. The maximum absolute atomic E-state index is 12.1. The van der Waals surface area contributed by atoms with Crippen LogP contribution in [0.2, 0.25) is 0 Å². The van der Waals surface area contributed by atoms with Gasteiger partial charge in [0.15, 0.2) is 0 Å². The van der Waals surface area contributed by atoms with Crippen LogP contribution in [-0.2, 0) is 0 Å². The summed E-state index contributed by atoms with van der Waals surface area (Å²) < 4.78 is 0.847. The van der Waals surface area contributed by atoms with Gasteiger partial charge >= 0.3 is 0 Å². The second-order valence-corrected chi connectivity index (χ2v) is 5.54. The molecule has 0 radical (unpaired) electrons. The largest absolute Gasteiger partial charge is 0.270 e. The number of carbonyl (C=O) groups is 2. The van der Waals surface area contributed by atoms with Crippen LogP contribution in [0.1, 0.15) is 31.8 Å². The average molecular weight is 347 g/mol. The van der Waals surface area contributed by atoms with Crippen molar-refractivity contribution in [1.29, 1.82) is 0 Å². The average Bonchev–Trinajstić information content (AvgIpc) is 2.47. The molecule has 4 nitrogen and oxygen atoms in total. The summed E-state index contributed by atoms with van der Waals surface area (Å²) in [5.41, 5.74) is 7.65. The van der Waals surface area contributed by atoms with E-state index in [4.69, 9.17) is 0 Å². The third-order valence-electron chi connectivity index (χ3n) is 3.08. The highest BCUT2D eigenvalue weighted by molar-refractivity contribution is 9.10. The minimum atomic E-state index is -0.352. The van der Waals surface area contributed by atoms with Crippen LogP contribution < -0.4 is 10.9 Å². The number of hydrazine groups is 1. The van der Waals surface area contributed by atoms with Crippen LogP contribution in [-0.4, -0.2) is 11.8 Å². The number of benzene rings is 2. The van der Waals surface area contributed by atoms with Gasteiger partial charge in [0.25, 0.3) is 11.8 Å². The van der Waals surface area contributed by atoms with E-state index in [2.05, 4.69) is 26.8 Å². The molecule has 0 aliphatic heterocycles. The molecule has 21 heavy (non-hydrogen) atoms. The van der Waals surface area contributed by atoms with Gasteiger partial charge in [-0.25, -0.2) is 0 Å². The Morgan fingerprint density at radius 1 is 0.952 bits per heavy atom. The monoisotopic (exact) mass is 346 g/mol. The minimum Gasteiger partial charge on any atom is -0.267 e. The van der Waals surface area contributed by atoms with Crippen molar-refractivity contribution < 1.29 is 9.59 Å². The number of carbonyl (C=O) groups excluding carboxylic acids is 2. The Labute approximate surface area is 131 Å². The molecule has 0 fully saturated rings. The molecule has 0 saturated carbocycles. The molecule has 108 valence electrons. The highest BCUT2D eigenvalue weighted by Crippen LogP contribution is 2.19. The zero-order chi connectivity index (χ0) is 15.4. The third-order valence-corrected chi connectivity index (χ3v) is 3.94. The van der Waals surface area contributed by atoms with E-state index in [1.54, 1.807) is 30.3 Å². The first kappa shape index (κ1) is 15.3. The summed E-state index contributed by atoms with van der Waals surface area (Å²) in [5.74, 6) is -0.700.